The molecule has 0 aliphatic carbocycles. The Morgan fingerprint density at radius 3 is 2.78 bits per heavy atom. The van der Waals surface area contributed by atoms with Crippen LogP contribution < -0.4 is 10.1 Å². The minimum atomic E-state index is -0.563. The first-order chi connectivity index (χ1) is 11.0. The number of ether oxygens (including phenoxy) is 2. The maximum atomic E-state index is 11.9. The number of aromatic nitrogens is 2. The fourth-order valence-corrected chi connectivity index (χ4v) is 1.94. The third kappa shape index (κ3) is 4.32. The van der Waals surface area contributed by atoms with Gasteiger partial charge in [0.25, 0.3) is 5.91 Å². The predicted octanol–water partition coefficient (Wildman–Crippen LogP) is 1.21. The Balaban J connectivity index is 1.81. The third-order valence-corrected chi connectivity index (χ3v) is 3.41. The topological polar surface area (TPSA) is 82.4 Å². The van der Waals surface area contributed by atoms with Gasteiger partial charge in [-0.2, -0.15) is 5.10 Å². The summed E-state index contributed by atoms with van der Waals surface area (Å²) in [6.07, 6.45) is 1.42. The van der Waals surface area contributed by atoms with Crippen LogP contribution in [0.4, 0.5) is 0 Å². The minimum absolute atomic E-state index is 0.333. The number of aryl methyl sites for hydroxylation is 1. The summed E-state index contributed by atoms with van der Waals surface area (Å²) in [5, 5.41) is 6.64. The molecular formula is C16H19N3O4. The first-order valence-corrected chi connectivity index (χ1v) is 7.06. The number of methoxy groups -OCH3 is 1. The molecule has 0 bridgehead atoms. The molecule has 2 rings (SSSR count). The van der Waals surface area contributed by atoms with Gasteiger partial charge >= 0.3 is 5.97 Å². The molecule has 1 aromatic heterocycles. The molecule has 1 aromatic carbocycles. The molecule has 0 unspecified atom stereocenters. The zero-order valence-corrected chi connectivity index (χ0v) is 13.3. The van der Waals surface area contributed by atoms with Gasteiger partial charge in [0.15, 0.2) is 6.61 Å². The molecule has 0 aliphatic rings. The van der Waals surface area contributed by atoms with Gasteiger partial charge in [-0.3, -0.25) is 9.48 Å². The SMILES string of the molecule is COc1cccc(CNC(=O)COC(=O)c2cnn(C)c2C)c1. The normalized spacial score (nSPS) is 10.2. The number of nitrogens with one attached hydrogen (secondary N) is 1. The van der Waals surface area contributed by atoms with Crippen LogP contribution in [0.15, 0.2) is 30.5 Å². The molecule has 0 aliphatic heterocycles. The highest BCUT2D eigenvalue weighted by Gasteiger charge is 2.15. The molecule has 23 heavy (non-hydrogen) atoms. The summed E-state index contributed by atoms with van der Waals surface area (Å²) < 4.78 is 11.7. The predicted molar refractivity (Wildman–Crippen MR) is 83.1 cm³/mol. The monoisotopic (exact) mass is 317 g/mol. The highest BCUT2D eigenvalue weighted by atomic mass is 16.5. The molecule has 0 saturated heterocycles. The van der Waals surface area contributed by atoms with Crippen LogP contribution in [0.2, 0.25) is 0 Å². The molecule has 0 atom stereocenters. The second-order valence-corrected chi connectivity index (χ2v) is 4.97. The lowest BCUT2D eigenvalue weighted by Crippen LogP contribution is -2.28. The zero-order valence-electron chi connectivity index (χ0n) is 13.3. The van der Waals surface area contributed by atoms with Gasteiger partial charge in [-0.1, -0.05) is 12.1 Å². The lowest BCUT2D eigenvalue weighted by Gasteiger charge is -2.07. The van der Waals surface area contributed by atoms with Crippen molar-refractivity contribution in [3.05, 3.63) is 47.3 Å². The highest BCUT2D eigenvalue weighted by Crippen LogP contribution is 2.12. The van der Waals surface area contributed by atoms with Crippen LogP contribution in [0.3, 0.4) is 0 Å². The van der Waals surface area contributed by atoms with Gasteiger partial charge in [0.05, 0.1) is 13.3 Å². The average Bonchev–Trinajstić information content (AvgIpc) is 2.90. The molecular weight excluding hydrogens is 298 g/mol. The van der Waals surface area contributed by atoms with Gasteiger partial charge in [0.1, 0.15) is 11.3 Å². The number of carbonyl (C=O) groups is 2. The van der Waals surface area contributed by atoms with Crippen molar-refractivity contribution >= 4 is 11.9 Å². The van der Waals surface area contributed by atoms with Gasteiger partial charge < -0.3 is 14.8 Å². The molecule has 122 valence electrons. The van der Waals surface area contributed by atoms with E-state index in [1.165, 1.54) is 6.20 Å². The summed E-state index contributed by atoms with van der Waals surface area (Å²) in [4.78, 5) is 23.6. The van der Waals surface area contributed by atoms with Crippen LogP contribution in [-0.2, 0) is 23.1 Å². The smallest absolute Gasteiger partial charge is 0.342 e. The standard InChI is InChI=1S/C16H19N3O4/c1-11-14(9-18-19(11)2)16(21)23-10-15(20)17-8-12-5-4-6-13(7-12)22-3/h4-7,9H,8,10H2,1-3H3,(H,17,20). The second-order valence-electron chi connectivity index (χ2n) is 4.97. The molecule has 0 fully saturated rings. The van der Waals surface area contributed by atoms with Crippen molar-refractivity contribution in [1.82, 2.24) is 15.1 Å². The van der Waals surface area contributed by atoms with E-state index in [9.17, 15) is 9.59 Å². The Labute approximate surface area is 134 Å². The molecule has 7 nitrogen and oxygen atoms in total. The first-order valence-electron chi connectivity index (χ1n) is 7.06. The summed E-state index contributed by atoms with van der Waals surface area (Å²) in [6, 6.07) is 7.36. The Morgan fingerprint density at radius 1 is 1.35 bits per heavy atom. The summed E-state index contributed by atoms with van der Waals surface area (Å²) in [6.45, 7) is 1.75. The number of nitrogens with zero attached hydrogens (tertiary/aromatic N) is 2. The number of benzene rings is 1. The van der Waals surface area contributed by atoms with Crippen molar-refractivity contribution in [3.8, 4) is 5.75 Å². The van der Waals surface area contributed by atoms with Crippen molar-refractivity contribution in [2.75, 3.05) is 13.7 Å². The Bertz CT molecular complexity index is 709. The van der Waals surface area contributed by atoms with Crippen molar-refractivity contribution in [1.29, 1.82) is 0 Å². The zero-order chi connectivity index (χ0) is 16.8. The second kappa shape index (κ2) is 7.44. The van der Waals surface area contributed by atoms with Crippen molar-refractivity contribution < 1.29 is 19.1 Å². The van der Waals surface area contributed by atoms with E-state index < -0.39 is 5.97 Å². The molecule has 0 radical (unpaired) electrons. The average molecular weight is 317 g/mol. The number of amides is 1. The first kappa shape index (κ1) is 16.5. The molecule has 0 spiro atoms. The number of esters is 1. The minimum Gasteiger partial charge on any atom is -0.497 e. The molecule has 7 heteroatoms. The van der Waals surface area contributed by atoms with Gasteiger partial charge in [-0.25, -0.2) is 4.79 Å². The van der Waals surface area contributed by atoms with E-state index in [0.717, 1.165) is 11.3 Å². The number of carbonyl (C=O) groups excluding carboxylic acids is 2. The summed E-state index contributed by atoms with van der Waals surface area (Å²) in [7, 11) is 3.31. The molecule has 1 heterocycles. The maximum Gasteiger partial charge on any atom is 0.342 e. The van der Waals surface area contributed by atoms with Crippen molar-refractivity contribution in [2.24, 2.45) is 7.05 Å². The van der Waals surface area contributed by atoms with Gasteiger partial charge in [-0.05, 0) is 24.6 Å². The van der Waals surface area contributed by atoms with E-state index >= 15 is 0 Å². The van der Waals surface area contributed by atoms with Crippen molar-refractivity contribution in [2.45, 2.75) is 13.5 Å². The van der Waals surface area contributed by atoms with E-state index in [2.05, 4.69) is 10.4 Å². The molecule has 2 aromatic rings. The third-order valence-electron chi connectivity index (χ3n) is 3.41. The number of hydrogen-bond acceptors (Lipinski definition) is 5. The van der Waals surface area contributed by atoms with E-state index in [0.29, 0.717) is 17.8 Å². The van der Waals surface area contributed by atoms with Crippen LogP contribution in [0, 0.1) is 6.92 Å². The summed E-state index contributed by atoms with van der Waals surface area (Å²) in [5.74, 6) is -0.218. The van der Waals surface area contributed by atoms with Crippen molar-refractivity contribution in [3.63, 3.8) is 0 Å². The lowest BCUT2D eigenvalue weighted by atomic mass is 10.2. The highest BCUT2D eigenvalue weighted by molar-refractivity contribution is 5.92. The lowest BCUT2D eigenvalue weighted by molar-refractivity contribution is -0.124. The van der Waals surface area contributed by atoms with Crippen LogP contribution >= 0.6 is 0 Å². The van der Waals surface area contributed by atoms with E-state index in [4.69, 9.17) is 9.47 Å². The number of hydrogen-bond donors (Lipinski definition) is 1. The quantitative estimate of drug-likeness (QED) is 0.810. The van der Waals surface area contributed by atoms with E-state index in [1.807, 2.05) is 24.3 Å². The Morgan fingerprint density at radius 2 is 2.13 bits per heavy atom. The Kier molecular flexibility index (Phi) is 5.35. The fourth-order valence-electron chi connectivity index (χ4n) is 1.94. The molecule has 1 amide bonds. The van der Waals surface area contributed by atoms with Crippen LogP contribution in [0.5, 0.6) is 5.75 Å². The fraction of sp³-hybridized carbons (Fsp3) is 0.312. The summed E-state index contributed by atoms with van der Waals surface area (Å²) >= 11 is 0. The van der Waals surface area contributed by atoms with Gasteiger partial charge in [0.2, 0.25) is 0 Å². The van der Waals surface area contributed by atoms with Crippen LogP contribution in [0.1, 0.15) is 21.6 Å². The van der Waals surface area contributed by atoms with Crippen LogP contribution in [0.25, 0.3) is 0 Å². The molecule has 0 saturated carbocycles. The van der Waals surface area contributed by atoms with E-state index in [-0.39, 0.29) is 12.5 Å². The van der Waals surface area contributed by atoms with Gasteiger partial charge in [-0.15, -0.1) is 0 Å². The van der Waals surface area contributed by atoms with E-state index in [1.54, 1.807) is 25.8 Å². The largest absolute Gasteiger partial charge is 0.497 e. The number of rotatable bonds is 6. The summed E-state index contributed by atoms with van der Waals surface area (Å²) in [5.41, 5.74) is 1.94. The van der Waals surface area contributed by atoms with Gasteiger partial charge in [0, 0.05) is 19.3 Å². The molecule has 1 N–H and O–H groups in total. The maximum absolute atomic E-state index is 11.9. The van der Waals surface area contributed by atoms with Crippen LogP contribution in [-0.4, -0.2) is 35.4 Å². The Hall–Kier alpha value is -2.83.